The Balaban J connectivity index is 2.48. The van der Waals surface area contributed by atoms with E-state index >= 15 is 0 Å². The summed E-state index contributed by atoms with van der Waals surface area (Å²) in [4.78, 5) is 8.10. The van der Waals surface area contributed by atoms with Crippen LogP contribution in [0.1, 0.15) is 37.3 Å². The first kappa shape index (κ1) is 9.46. The van der Waals surface area contributed by atoms with Crippen molar-refractivity contribution in [3.63, 3.8) is 0 Å². The van der Waals surface area contributed by atoms with E-state index in [4.69, 9.17) is 11.6 Å². The second kappa shape index (κ2) is 5.09. The molecular weight excluding hydrogens is 172 g/mol. The third kappa shape index (κ3) is 2.78. The molecule has 1 heterocycles. The fourth-order valence-electron chi connectivity index (χ4n) is 1.00. The van der Waals surface area contributed by atoms with Crippen molar-refractivity contribution in [2.75, 3.05) is 0 Å². The molecule has 1 rings (SSSR count). The molecule has 12 heavy (non-hydrogen) atoms. The zero-order valence-corrected chi connectivity index (χ0v) is 7.96. The number of alkyl halides is 1. The molecule has 0 saturated heterocycles. The van der Waals surface area contributed by atoms with Crippen LogP contribution in [-0.4, -0.2) is 9.97 Å². The number of hydrogen-bond acceptors (Lipinski definition) is 2. The van der Waals surface area contributed by atoms with Gasteiger partial charge in [-0.2, -0.15) is 0 Å². The van der Waals surface area contributed by atoms with Gasteiger partial charge in [0, 0.05) is 18.6 Å². The van der Waals surface area contributed by atoms with Crippen LogP contribution in [0.15, 0.2) is 18.6 Å². The summed E-state index contributed by atoms with van der Waals surface area (Å²) >= 11 is 6.08. The van der Waals surface area contributed by atoms with Crippen LogP contribution in [0.2, 0.25) is 0 Å². The molecule has 0 saturated carbocycles. The smallest absolute Gasteiger partial charge is 0.0773 e. The van der Waals surface area contributed by atoms with E-state index in [0.29, 0.717) is 0 Å². The SMILES string of the molecule is CCCCC(Cl)c1cnccn1. The monoisotopic (exact) mass is 184 g/mol. The van der Waals surface area contributed by atoms with Crippen LogP contribution in [-0.2, 0) is 0 Å². The molecule has 2 nitrogen and oxygen atoms in total. The van der Waals surface area contributed by atoms with Gasteiger partial charge in [-0.3, -0.25) is 9.97 Å². The maximum atomic E-state index is 6.08. The average molecular weight is 185 g/mol. The van der Waals surface area contributed by atoms with E-state index in [1.807, 2.05) is 0 Å². The van der Waals surface area contributed by atoms with Gasteiger partial charge in [0.1, 0.15) is 0 Å². The van der Waals surface area contributed by atoms with E-state index in [-0.39, 0.29) is 5.38 Å². The van der Waals surface area contributed by atoms with Crippen LogP contribution < -0.4 is 0 Å². The number of nitrogens with zero attached hydrogens (tertiary/aromatic N) is 2. The Morgan fingerprint density at radius 2 is 2.33 bits per heavy atom. The highest BCUT2D eigenvalue weighted by atomic mass is 35.5. The quantitative estimate of drug-likeness (QED) is 0.673. The van der Waals surface area contributed by atoms with Crippen molar-refractivity contribution in [1.29, 1.82) is 0 Å². The second-order valence-electron chi connectivity index (χ2n) is 2.74. The van der Waals surface area contributed by atoms with Gasteiger partial charge in [-0.15, -0.1) is 11.6 Å². The summed E-state index contributed by atoms with van der Waals surface area (Å²) in [5.74, 6) is 0. The van der Waals surface area contributed by atoms with E-state index in [1.165, 1.54) is 6.42 Å². The molecule has 0 aliphatic heterocycles. The van der Waals surface area contributed by atoms with Gasteiger partial charge in [0.25, 0.3) is 0 Å². The van der Waals surface area contributed by atoms with Crippen molar-refractivity contribution < 1.29 is 0 Å². The lowest BCUT2D eigenvalue weighted by molar-refractivity contribution is 0.687. The zero-order valence-electron chi connectivity index (χ0n) is 7.20. The lowest BCUT2D eigenvalue weighted by Gasteiger charge is -2.05. The molecule has 3 heteroatoms. The summed E-state index contributed by atoms with van der Waals surface area (Å²) in [6, 6.07) is 0. The molecule has 0 fully saturated rings. The van der Waals surface area contributed by atoms with Gasteiger partial charge in [-0.1, -0.05) is 19.8 Å². The standard InChI is InChI=1S/C9H13ClN2/c1-2-3-4-8(10)9-7-11-5-6-12-9/h5-8H,2-4H2,1H3. The highest BCUT2D eigenvalue weighted by molar-refractivity contribution is 6.20. The lowest BCUT2D eigenvalue weighted by atomic mass is 10.1. The fourth-order valence-corrected chi connectivity index (χ4v) is 1.27. The first-order chi connectivity index (χ1) is 5.84. The molecule has 0 aliphatic carbocycles. The van der Waals surface area contributed by atoms with Crippen LogP contribution in [0.5, 0.6) is 0 Å². The number of unbranched alkanes of at least 4 members (excludes halogenated alkanes) is 1. The van der Waals surface area contributed by atoms with Gasteiger partial charge in [0.15, 0.2) is 0 Å². The normalized spacial score (nSPS) is 12.8. The van der Waals surface area contributed by atoms with Crippen LogP contribution in [0.3, 0.4) is 0 Å². The Morgan fingerprint density at radius 3 is 2.92 bits per heavy atom. The molecule has 0 amide bonds. The summed E-state index contributed by atoms with van der Waals surface area (Å²) in [7, 11) is 0. The number of rotatable bonds is 4. The minimum Gasteiger partial charge on any atom is -0.261 e. The minimum atomic E-state index is 0.0265. The van der Waals surface area contributed by atoms with E-state index in [9.17, 15) is 0 Å². The van der Waals surface area contributed by atoms with Crippen LogP contribution >= 0.6 is 11.6 Å². The molecule has 0 aliphatic rings. The molecule has 0 bridgehead atoms. The van der Waals surface area contributed by atoms with Gasteiger partial charge < -0.3 is 0 Å². The molecule has 66 valence electrons. The Hall–Kier alpha value is -0.630. The number of aromatic nitrogens is 2. The summed E-state index contributed by atoms with van der Waals surface area (Å²) in [6.45, 7) is 2.15. The maximum absolute atomic E-state index is 6.08. The lowest BCUT2D eigenvalue weighted by Crippen LogP contribution is -1.94. The molecule has 1 atom stereocenters. The Morgan fingerprint density at radius 1 is 1.50 bits per heavy atom. The van der Waals surface area contributed by atoms with Crippen LogP contribution in [0.4, 0.5) is 0 Å². The molecule has 0 radical (unpaired) electrons. The zero-order chi connectivity index (χ0) is 8.81. The number of hydrogen-bond donors (Lipinski definition) is 0. The molecule has 0 N–H and O–H groups in total. The Labute approximate surface area is 78.0 Å². The first-order valence-corrected chi connectivity index (χ1v) is 4.68. The predicted molar refractivity (Wildman–Crippen MR) is 50.2 cm³/mol. The van der Waals surface area contributed by atoms with E-state index in [1.54, 1.807) is 18.6 Å². The van der Waals surface area contributed by atoms with Crippen molar-refractivity contribution in [3.05, 3.63) is 24.3 Å². The van der Waals surface area contributed by atoms with Crippen molar-refractivity contribution in [2.45, 2.75) is 31.6 Å². The van der Waals surface area contributed by atoms with E-state index < -0.39 is 0 Å². The molecule has 1 unspecified atom stereocenters. The predicted octanol–water partition coefficient (Wildman–Crippen LogP) is 2.95. The van der Waals surface area contributed by atoms with E-state index in [2.05, 4.69) is 16.9 Å². The third-order valence-electron chi connectivity index (χ3n) is 1.72. The van der Waals surface area contributed by atoms with Gasteiger partial charge in [0.2, 0.25) is 0 Å². The Kier molecular flexibility index (Phi) is 4.01. The summed E-state index contributed by atoms with van der Waals surface area (Å²) in [6.07, 6.45) is 8.36. The topological polar surface area (TPSA) is 25.8 Å². The highest BCUT2D eigenvalue weighted by Crippen LogP contribution is 2.23. The summed E-state index contributed by atoms with van der Waals surface area (Å²) < 4.78 is 0. The van der Waals surface area contributed by atoms with Gasteiger partial charge in [-0.05, 0) is 6.42 Å². The summed E-state index contributed by atoms with van der Waals surface area (Å²) in [5, 5.41) is 0.0265. The van der Waals surface area contributed by atoms with Crippen molar-refractivity contribution >= 4 is 11.6 Å². The molecule has 0 spiro atoms. The molecule has 1 aromatic heterocycles. The number of halogens is 1. The largest absolute Gasteiger partial charge is 0.261 e. The van der Waals surface area contributed by atoms with E-state index in [0.717, 1.165) is 18.5 Å². The molecular formula is C9H13ClN2. The Bertz CT molecular complexity index is 213. The third-order valence-corrected chi connectivity index (χ3v) is 2.16. The van der Waals surface area contributed by atoms with Crippen molar-refractivity contribution in [3.8, 4) is 0 Å². The van der Waals surface area contributed by atoms with Crippen molar-refractivity contribution in [2.24, 2.45) is 0 Å². The van der Waals surface area contributed by atoms with Crippen LogP contribution in [0, 0.1) is 0 Å². The maximum Gasteiger partial charge on any atom is 0.0773 e. The first-order valence-electron chi connectivity index (χ1n) is 4.24. The minimum absolute atomic E-state index is 0.0265. The summed E-state index contributed by atoms with van der Waals surface area (Å²) in [5.41, 5.74) is 0.882. The van der Waals surface area contributed by atoms with Crippen LogP contribution in [0.25, 0.3) is 0 Å². The highest BCUT2D eigenvalue weighted by Gasteiger charge is 2.07. The van der Waals surface area contributed by atoms with Gasteiger partial charge in [-0.25, -0.2) is 0 Å². The average Bonchev–Trinajstić information content (AvgIpc) is 2.15. The fraction of sp³-hybridized carbons (Fsp3) is 0.556. The molecule has 1 aromatic rings. The van der Waals surface area contributed by atoms with Gasteiger partial charge >= 0.3 is 0 Å². The molecule has 0 aromatic carbocycles. The van der Waals surface area contributed by atoms with Crippen molar-refractivity contribution in [1.82, 2.24) is 9.97 Å². The van der Waals surface area contributed by atoms with Gasteiger partial charge in [0.05, 0.1) is 11.1 Å². The second-order valence-corrected chi connectivity index (χ2v) is 3.27.